The van der Waals surface area contributed by atoms with Crippen molar-refractivity contribution in [3.63, 3.8) is 0 Å². The zero-order valence-electron chi connectivity index (χ0n) is 4.42. The largest absolute Gasteiger partial charge is 0.481 e. The fraction of sp³-hybridized carbons (Fsp3) is 0.400. The van der Waals surface area contributed by atoms with Crippen molar-refractivity contribution in [1.82, 2.24) is 0 Å². The molecule has 0 aromatic rings. The summed E-state index contributed by atoms with van der Waals surface area (Å²) in [5.41, 5.74) is 0. The molecule has 0 bridgehead atoms. The van der Waals surface area contributed by atoms with E-state index in [0.717, 1.165) is 0 Å². The lowest BCUT2D eigenvalue weighted by Crippen LogP contribution is -1.95. The van der Waals surface area contributed by atoms with E-state index in [-0.39, 0.29) is 13.0 Å². The van der Waals surface area contributed by atoms with Crippen LogP contribution in [0.5, 0.6) is 0 Å². The molecule has 0 aliphatic carbocycles. The Morgan fingerprint density at radius 1 is 1.88 bits per heavy atom. The third-order valence-corrected chi connectivity index (χ3v) is 0.549. The van der Waals surface area contributed by atoms with Gasteiger partial charge in [0, 0.05) is 0 Å². The van der Waals surface area contributed by atoms with Crippen LogP contribution in [0.1, 0.15) is 6.42 Å². The molecule has 3 heteroatoms. The molecule has 0 heterocycles. The van der Waals surface area contributed by atoms with Crippen LogP contribution < -0.4 is 0 Å². The van der Waals surface area contributed by atoms with Gasteiger partial charge in [-0.25, -0.2) is 4.99 Å². The average molecular weight is 113 g/mol. The van der Waals surface area contributed by atoms with Gasteiger partial charge in [-0.3, -0.25) is 4.79 Å². The van der Waals surface area contributed by atoms with Gasteiger partial charge in [0.05, 0.1) is 13.0 Å². The first-order chi connectivity index (χ1) is 3.77. The zero-order valence-corrected chi connectivity index (χ0v) is 4.42. The molecule has 0 saturated carbocycles. The number of rotatable bonds is 3. The van der Waals surface area contributed by atoms with Gasteiger partial charge in [-0.05, 0) is 12.4 Å². The molecule has 0 aliphatic rings. The number of carboxylic acid groups (broad SMARTS) is 1. The number of carboxylic acids is 1. The van der Waals surface area contributed by atoms with Crippen LogP contribution in [0.4, 0.5) is 0 Å². The molecule has 0 aliphatic heterocycles. The molecule has 0 fully saturated rings. The van der Waals surface area contributed by atoms with Crippen molar-refractivity contribution in [3.05, 3.63) is 6.58 Å². The summed E-state index contributed by atoms with van der Waals surface area (Å²) in [5, 5.41) is 8.03. The summed E-state index contributed by atoms with van der Waals surface area (Å²) < 4.78 is 0. The van der Waals surface area contributed by atoms with E-state index in [0.29, 0.717) is 0 Å². The van der Waals surface area contributed by atoms with Crippen LogP contribution in [-0.4, -0.2) is 23.5 Å². The van der Waals surface area contributed by atoms with Gasteiger partial charge in [-0.15, -0.1) is 0 Å². The zero-order chi connectivity index (χ0) is 6.41. The normalized spacial score (nSPS) is 7.50. The maximum absolute atomic E-state index is 9.77. The first-order valence-electron chi connectivity index (χ1n) is 2.17. The van der Waals surface area contributed by atoms with E-state index in [2.05, 4.69) is 17.4 Å². The summed E-state index contributed by atoms with van der Waals surface area (Å²) in [5.74, 6) is 1.39. The van der Waals surface area contributed by atoms with E-state index in [9.17, 15) is 4.79 Å². The van der Waals surface area contributed by atoms with Crippen molar-refractivity contribution in [2.75, 3.05) is 6.54 Å². The fourth-order valence-corrected chi connectivity index (χ4v) is 0.231. The van der Waals surface area contributed by atoms with Crippen molar-refractivity contribution in [3.8, 4) is 0 Å². The van der Waals surface area contributed by atoms with Crippen LogP contribution in [0.3, 0.4) is 0 Å². The van der Waals surface area contributed by atoms with Gasteiger partial charge in [0.25, 0.3) is 0 Å². The smallest absolute Gasteiger partial charge is 0.305 e. The predicted molar refractivity (Wildman–Crippen MR) is 30.2 cm³/mol. The fourth-order valence-electron chi connectivity index (χ4n) is 0.231. The second-order valence-corrected chi connectivity index (χ2v) is 1.18. The SMILES string of the molecule is C=C=NCCC(=O)O. The van der Waals surface area contributed by atoms with E-state index in [1.54, 1.807) is 0 Å². The summed E-state index contributed by atoms with van der Waals surface area (Å²) in [6.45, 7) is 3.45. The molecule has 8 heavy (non-hydrogen) atoms. The van der Waals surface area contributed by atoms with Crippen LogP contribution >= 0.6 is 0 Å². The third-order valence-electron chi connectivity index (χ3n) is 0.549. The van der Waals surface area contributed by atoms with Gasteiger partial charge in [-0.2, -0.15) is 0 Å². The molecular weight excluding hydrogens is 106 g/mol. The van der Waals surface area contributed by atoms with Crippen LogP contribution in [-0.2, 0) is 4.79 Å². The molecule has 0 aromatic heterocycles. The molecule has 0 saturated heterocycles. The Hall–Kier alpha value is -1.08. The Labute approximate surface area is 47.4 Å². The Bertz CT molecular complexity index is 122. The second kappa shape index (κ2) is 4.09. The first kappa shape index (κ1) is 6.92. The van der Waals surface area contributed by atoms with Crippen molar-refractivity contribution in [2.24, 2.45) is 4.99 Å². The van der Waals surface area contributed by atoms with E-state index < -0.39 is 5.97 Å². The summed E-state index contributed by atoms with van der Waals surface area (Å²) in [4.78, 5) is 13.2. The average Bonchev–Trinajstić information content (AvgIpc) is 1.66. The molecule has 0 unspecified atom stereocenters. The first-order valence-corrected chi connectivity index (χ1v) is 2.17. The highest BCUT2D eigenvalue weighted by Gasteiger charge is 1.90. The van der Waals surface area contributed by atoms with Crippen LogP contribution in [0, 0.1) is 0 Å². The quantitative estimate of drug-likeness (QED) is 0.536. The monoisotopic (exact) mass is 113 g/mol. The number of carbonyl (C=O) groups is 1. The maximum atomic E-state index is 9.77. The van der Waals surface area contributed by atoms with Crippen molar-refractivity contribution < 1.29 is 9.90 Å². The van der Waals surface area contributed by atoms with Crippen LogP contribution in [0.15, 0.2) is 11.6 Å². The summed E-state index contributed by atoms with van der Waals surface area (Å²) in [6.07, 6.45) is 0.0581. The molecule has 0 amide bonds. The van der Waals surface area contributed by atoms with Crippen LogP contribution in [0.25, 0.3) is 0 Å². The Balaban J connectivity index is 3.18. The van der Waals surface area contributed by atoms with Crippen molar-refractivity contribution in [1.29, 1.82) is 0 Å². The van der Waals surface area contributed by atoms with Gasteiger partial charge in [0.2, 0.25) is 0 Å². The summed E-state index contributed by atoms with van der Waals surface area (Å²) in [6, 6.07) is 0. The molecule has 0 atom stereocenters. The Morgan fingerprint density at radius 3 is 2.88 bits per heavy atom. The van der Waals surface area contributed by atoms with Gasteiger partial charge < -0.3 is 5.11 Å². The van der Waals surface area contributed by atoms with Gasteiger partial charge in [0.15, 0.2) is 0 Å². The number of aliphatic carboxylic acids is 1. The lowest BCUT2D eigenvalue weighted by atomic mass is 10.4. The highest BCUT2D eigenvalue weighted by Crippen LogP contribution is 1.76. The molecule has 0 spiro atoms. The third kappa shape index (κ3) is 4.92. The molecular formula is C5H7NO2. The van der Waals surface area contributed by atoms with E-state index >= 15 is 0 Å². The number of hydrogen-bond acceptors (Lipinski definition) is 2. The predicted octanol–water partition coefficient (Wildman–Crippen LogP) is 0.317. The molecule has 0 aromatic carbocycles. The minimum atomic E-state index is -0.844. The summed E-state index contributed by atoms with van der Waals surface area (Å²) in [7, 11) is 0. The lowest BCUT2D eigenvalue weighted by Gasteiger charge is -1.82. The molecule has 1 N–H and O–H groups in total. The minimum Gasteiger partial charge on any atom is -0.481 e. The lowest BCUT2D eigenvalue weighted by molar-refractivity contribution is -0.136. The van der Waals surface area contributed by atoms with E-state index in [1.807, 2.05) is 0 Å². The number of hydrogen-bond donors (Lipinski definition) is 1. The molecule has 44 valence electrons. The highest BCUT2D eigenvalue weighted by atomic mass is 16.4. The van der Waals surface area contributed by atoms with Crippen molar-refractivity contribution >= 4 is 11.8 Å². The number of aliphatic imine (C=N–C) groups is 1. The van der Waals surface area contributed by atoms with Crippen LogP contribution in [0.2, 0.25) is 0 Å². The molecule has 0 rings (SSSR count). The topological polar surface area (TPSA) is 49.7 Å². The molecule has 3 nitrogen and oxygen atoms in total. The van der Waals surface area contributed by atoms with Crippen molar-refractivity contribution in [2.45, 2.75) is 6.42 Å². The van der Waals surface area contributed by atoms with E-state index in [1.165, 1.54) is 0 Å². The van der Waals surface area contributed by atoms with E-state index in [4.69, 9.17) is 5.11 Å². The second-order valence-electron chi connectivity index (χ2n) is 1.18. The maximum Gasteiger partial charge on any atom is 0.305 e. The van der Waals surface area contributed by atoms with Gasteiger partial charge >= 0.3 is 5.97 Å². The Kier molecular flexibility index (Phi) is 3.54. The summed E-state index contributed by atoms with van der Waals surface area (Å²) >= 11 is 0. The minimum absolute atomic E-state index is 0.0581. The number of nitrogens with zero attached hydrogens (tertiary/aromatic N) is 1. The Morgan fingerprint density at radius 2 is 2.50 bits per heavy atom. The van der Waals surface area contributed by atoms with Gasteiger partial charge in [0.1, 0.15) is 0 Å². The van der Waals surface area contributed by atoms with Gasteiger partial charge in [-0.1, -0.05) is 0 Å². The standard InChI is InChI=1S/C5H7NO2/c1-2-6-4-3-5(7)8/h1,3-4H2,(H,7,8). The highest BCUT2D eigenvalue weighted by molar-refractivity contribution is 5.67. The molecule has 0 radical (unpaired) electrons.